The summed E-state index contributed by atoms with van der Waals surface area (Å²) >= 11 is 0. The normalized spacial score (nSPS) is 14.6. The van der Waals surface area contributed by atoms with Crippen LogP contribution in [0.3, 0.4) is 0 Å². The Morgan fingerprint density at radius 2 is 0.609 bits per heavy atom. The Labute approximate surface area is 529 Å². The molecule has 0 amide bonds. The number of phosphoric ester groups is 2. The highest BCUT2D eigenvalue weighted by Crippen LogP contribution is 2.45. The molecule has 0 rings (SSSR count). The van der Waals surface area contributed by atoms with Crippen molar-refractivity contribution in [1.82, 2.24) is 0 Å². The van der Waals surface area contributed by atoms with Crippen LogP contribution in [0.25, 0.3) is 0 Å². The summed E-state index contributed by atoms with van der Waals surface area (Å²) in [6.07, 6.45) is 64.5. The molecule has 0 aliphatic rings. The number of aliphatic hydroxyl groups excluding tert-OH is 2. The highest BCUT2D eigenvalue weighted by molar-refractivity contribution is 7.47. The summed E-state index contributed by atoms with van der Waals surface area (Å²) in [4.78, 5) is 58.1. The number of phosphoric acid groups is 2. The van der Waals surface area contributed by atoms with Crippen LogP contribution in [0.15, 0.2) is 60.8 Å². The van der Waals surface area contributed by atoms with Gasteiger partial charge in [0.15, 0.2) is 6.10 Å². The van der Waals surface area contributed by atoms with Gasteiger partial charge >= 0.3 is 33.6 Å². The second kappa shape index (κ2) is 63.4. The van der Waals surface area contributed by atoms with Gasteiger partial charge in [-0.1, -0.05) is 281 Å². The second-order valence-corrected chi connectivity index (χ2v) is 26.2. The van der Waals surface area contributed by atoms with Gasteiger partial charge in [0.25, 0.3) is 0 Å². The van der Waals surface area contributed by atoms with Crippen LogP contribution in [0.2, 0.25) is 0 Å². The summed E-state index contributed by atoms with van der Waals surface area (Å²) < 4.78 is 60.7. The fraction of sp³-hybridized carbons (Fsp3) is 0.812. The molecule has 16 nitrogen and oxygen atoms in total. The van der Waals surface area contributed by atoms with E-state index in [4.69, 9.17) is 32.3 Å². The van der Waals surface area contributed by atoms with Gasteiger partial charge in [-0.25, -0.2) is 9.13 Å². The maximum atomic E-state index is 12.8. The number of allylic oxidation sites excluding steroid dienone is 10. The van der Waals surface area contributed by atoms with Gasteiger partial charge in [-0.2, -0.15) is 0 Å². The van der Waals surface area contributed by atoms with Gasteiger partial charge in [-0.15, -0.1) is 0 Å². The van der Waals surface area contributed by atoms with Crippen LogP contribution < -0.4 is 0 Å². The monoisotopic (exact) mass is 1270 g/mol. The topological polar surface area (TPSA) is 231 Å². The quantitative estimate of drug-likeness (QED) is 0.0146. The number of unbranched alkanes of at least 4 members (excludes halogenated alkanes) is 33. The summed E-state index contributed by atoms with van der Waals surface area (Å²) in [7, 11) is -9.75. The van der Waals surface area contributed by atoms with E-state index < -0.39 is 91.5 Å². The van der Waals surface area contributed by atoms with Gasteiger partial charge < -0.3 is 34.2 Å². The van der Waals surface area contributed by atoms with Crippen molar-refractivity contribution in [1.29, 1.82) is 0 Å². The van der Waals surface area contributed by atoms with Crippen LogP contribution in [0, 0.1) is 0 Å². The predicted octanol–water partition coefficient (Wildman–Crippen LogP) is 19.0. The highest BCUT2D eigenvalue weighted by atomic mass is 31.2. The van der Waals surface area contributed by atoms with Crippen molar-refractivity contribution in [3.8, 4) is 0 Å². The molecule has 18 heteroatoms. The molecule has 0 spiro atoms. The van der Waals surface area contributed by atoms with E-state index in [1.807, 2.05) is 0 Å². The molecule has 0 aromatic carbocycles. The fourth-order valence-corrected chi connectivity index (χ4v) is 11.1. The SMILES string of the molecule is CC/C=C\C/C=C\C/C=C\C/C=C\C/C=C\CCCCCCCCCCCCCCCC(=O)OCC(O)COP(=O)(O)OCC(O)COP(=O)(O)OCC(COC(=O)CCCCCCCCCCCCC)OC(=O)CCCCCCCCCCCCC. The molecule has 0 bridgehead atoms. The molecule has 0 heterocycles. The lowest BCUT2D eigenvalue weighted by atomic mass is 10.0. The Balaban J connectivity index is 4.33. The molecule has 0 fully saturated rings. The zero-order chi connectivity index (χ0) is 63.8. The molecule has 0 aliphatic heterocycles. The van der Waals surface area contributed by atoms with Gasteiger partial charge in [-0.3, -0.25) is 32.5 Å². The van der Waals surface area contributed by atoms with Gasteiger partial charge in [-0.05, 0) is 64.2 Å². The number of ether oxygens (including phenoxy) is 3. The number of rotatable bonds is 66. The lowest BCUT2D eigenvalue weighted by molar-refractivity contribution is -0.161. The number of carbonyl (C=O) groups is 3. The summed E-state index contributed by atoms with van der Waals surface area (Å²) in [5.74, 6) is -1.56. The Kier molecular flexibility index (Phi) is 61.4. The number of esters is 3. The average Bonchev–Trinajstić information content (AvgIpc) is 3.62. The van der Waals surface area contributed by atoms with E-state index in [1.54, 1.807) is 0 Å². The molecule has 508 valence electrons. The number of hydrogen-bond acceptors (Lipinski definition) is 14. The molecule has 0 saturated heterocycles. The van der Waals surface area contributed by atoms with Crippen LogP contribution >= 0.6 is 15.6 Å². The van der Waals surface area contributed by atoms with Crippen molar-refractivity contribution in [2.75, 3.05) is 39.6 Å². The molecule has 0 saturated carbocycles. The van der Waals surface area contributed by atoms with Crippen LogP contribution in [-0.2, 0) is 55.8 Å². The molecule has 4 N–H and O–H groups in total. The summed E-state index contributed by atoms with van der Waals surface area (Å²) in [5, 5.41) is 20.5. The Morgan fingerprint density at radius 3 is 0.966 bits per heavy atom. The molecule has 5 unspecified atom stereocenters. The molecule has 0 aromatic heterocycles. The highest BCUT2D eigenvalue weighted by Gasteiger charge is 2.29. The minimum Gasteiger partial charge on any atom is -0.463 e. The van der Waals surface area contributed by atoms with Gasteiger partial charge in [0.2, 0.25) is 0 Å². The third-order valence-corrected chi connectivity index (χ3v) is 16.7. The van der Waals surface area contributed by atoms with Crippen LogP contribution in [0.4, 0.5) is 0 Å². The zero-order valence-electron chi connectivity index (χ0n) is 54.9. The Bertz CT molecular complexity index is 1840. The van der Waals surface area contributed by atoms with Crippen molar-refractivity contribution in [2.45, 2.75) is 322 Å². The molecule has 5 atom stereocenters. The maximum Gasteiger partial charge on any atom is 0.472 e. The average molecular weight is 1270 g/mol. The van der Waals surface area contributed by atoms with Crippen LogP contribution in [0.1, 0.15) is 303 Å². The molecule has 0 aromatic rings. The van der Waals surface area contributed by atoms with Gasteiger partial charge in [0, 0.05) is 19.3 Å². The van der Waals surface area contributed by atoms with E-state index in [2.05, 4.69) is 81.5 Å². The first-order chi connectivity index (χ1) is 42.2. The minimum atomic E-state index is -4.91. The third-order valence-electron chi connectivity index (χ3n) is 14.8. The van der Waals surface area contributed by atoms with Crippen LogP contribution in [0.5, 0.6) is 0 Å². The summed E-state index contributed by atoms with van der Waals surface area (Å²) in [6, 6.07) is 0. The van der Waals surface area contributed by atoms with E-state index in [9.17, 15) is 43.5 Å². The summed E-state index contributed by atoms with van der Waals surface area (Å²) in [6.45, 7) is 2.56. The van der Waals surface area contributed by atoms with Crippen molar-refractivity contribution >= 4 is 33.6 Å². The lowest BCUT2D eigenvalue weighted by Crippen LogP contribution is -2.30. The first kappa shape index (κ1) is 84.2. The number of aliphatic hydroxyl groups is 2. The molecule has 0 aliphatic carbocycles. The zero-order valence-corrected chi connectivity index (χ0v) is 56.7. The third kappa shape index (κ3) is 64.6. The van der Waals surface area contributed by atoms with E-state index in [-0.39, 0.29) is 19.3 Å². The van der Waals surface area contributed by atoms with Crippen molar-refractivity contribution < 1.29 is 75.8 Å². The summed E-state index contributed by atoms with van der Waals surface area (Å²) in [5.41, 5.74) is 0. The first-order valence-corrected chi connectivity index (χ1v) is 37.6. The number of hydrogen-bond donors (Lipinski definition) is 4. The first-order valence-electron chi connectivity index (χ1n) is 34.6. The molecule has 87 heavy (non-hydrogen) atoms. The van der Waals surface area contributed by atoms with Crippen molar-refractivity contribution in [2.24, 2.45) is 0 Å². The van der Waals surface area contributed by atoms with E-state index in [0.717, 1.165) is 103 Å². The lowest BCUT2D eigenvalue weighted by Gasteiger charge is -2.21. The Hall–Kier alpha value is -2.75. The predicted molar refractivity (Wildman–Crippen MR) is 353 cm³/mol. The fourth-order valence-electron chi connectivity index (χ4n) is 9.48. The van der Waals surface area contributed by atoms with Crippen molar-refractivity contribution in [3.05, 3.63) is 60.8 Å². The molecular formula is C69H126O16P2. The largest absolute Gasteiger partial charge is 0.472 e. The standard InChI is InChI=1S/C69H126O16P2/c1-4-7-10-13-16-19-22-23-24-25-26-27-28-29-30-31-32-33-34-35-36-37-38-39-42-44-46-49-52-55-67(72)79-58-64(70)59-81-86(75,76)82-60-65(71)61-83-87(77,78)84-63-66(85-69(74)57-54-51-48-45-41-21-18-15-12-9-6-3)62-80-68(73)56-53-50-47-43-40-20-17-14-11-8-5-2/h7,10,16,19,23-24,26-27,29-30,64-66,70-71H,4-6,8-9,11-15,17-18,20-22,25,28,31-63H2,1-3H3,(H,75,76)(H,77,78)/b10-7-,19-16-,24-23-,27-26-,30-29-. The molecule has 0 radical (unpaired) electrons. The van der Waals surface area contributed by atoms with Gasteiger partial charge in [0.1, 0.15) is 25.4 Å². The molecular weight excluding hydrogens is 1150 g/mol. The van der Waals surface area contributed by atoms with Crippen molar-refractivity contribution in [3.63, 3.8) is 0 Å². The smallest absolute Gasteiger partial charge is 0.463 e. The van der Waals surface area contributed by atoms with Crippen LogP contribution in [-0.4, -0.2) is 95.9 Å². The second-order valence-electron chi connectivity index (χ2n) is 23.3. The van der Waals surface area contributed by atoms with E-state index in [0.29, 0.717) is 19.3 Å². The maximum absolute atomic E-state index is 12.8. The van der Waals surface area contributed by atoms with Gasteiger partial charge in [0.05, 0.1) is 26.4 Å². The Morgan fingerprint density at radius 1 is 0.333 bits per heavy atom. The number of carbonyl (C=O) groups excluding carboxylic acids is 3. The van der Waals surface area contributed by atoms with E-state index >= 15 is 0 Å². The minimum absolute atomic E-state index is 0.112. The van der Waals surface area contributed by atoms with E-state index in [1.165, 1.54) is 141 Å².